The molecule has 1 heterocycles. The third-order valence-corrected chi connectivity index (χ3v) is 2.55. The Morgan fingerprint density at radius 2 is 2.07 bits per heavy atom. The largest absolute Gasteiger partial charge is 0.338 e. The second-order valence-electron chi connectivity index (χ2n) is 4.46. The van der Waals surface area contributed by atoms with Gasteiger partial charge in [0, 0.05) is 31.6 Å². The third-order valence-electron chi connectivity index (χ3n) is 2.55. The fourth-order valence-electron chi connectivity index (χ4n) is 1.34. The smallest absolute Gasteiger partial charge is 0.315 e. The number of rotatable bonds is 4. The van der Waals surface area contributed by atoms with Gasteiger partial charge >= 0.3 is 6.03 Å². The van der Waals surface area contributed by atoms with Gasteiger partial charge in [-0.2, -0.15) is 0 Å². The van der Waals surface area contributed by atoms with Gasteiger partial charge in [-0.15, -0.1) is 0 Å². The minimum absolute atomic E-state index is 0.0434. The Hall–Kier alpha value is -0.770. The van der Waals surface area contributed by atoms with Gasteiger partial charge in [-0.05, 0) is 12.8 Å². The summed E-state index contributed by atoms with van der Waals surface area (Å²) in [6.45, 7) is 9.00. The number of carbonyl (C=O) groups is 1. The van der Waals surface area contributed by atoms with E-state index in [1.54, 1.807) is 0 Å². The molecule has 0 aliphatic carbocycles. The van der Waals surface area contributed by atoms with E-state index in [9.17, 15) is 4.79 Å². The van der Waals surface area contributed by atoms with E-state index in [4.69, 9.17) is 0 Å². The molecule has 0 aromatic rings. The van der Waals surface area contributed by atoms with Gasteiger partial charge in [-0.1, -0.05) is 13.8 Å². The Bertz CT molecular complexity index is 190. The van der Waals surface area contributed by atoms with Crippen molar-refractivity contribution in [1.29, 1.82) is 0 Å². The van der Waals surface area contributed by atoms with Crippen molar-refractivity contribution >= 4 is 6.03 Å². The summed E-state index contributed by atoms with van der Waals surface area (Å²) in [6, 6.07) is 0.224. The molecule has 1 fully saturated rings. The number of amides is 2. The molecular weight excluding hydrogens is 178 g/mol. The van der Waals surface area contributed by atoms with Crippen molar-refractivity contribution in [2.45, 2.75) is 26.8 Å². The van der Waals surface area contributed by atoms with E-state index < -0.39 is 0 Å². The zero-order valence-corrected chi connectivity index (χ0v) is 9.26. The molecule has 1 rings (SSSR count). The van der Waals surface area contributed by atoms with Gasteiger partial charge < -0.3 is 16.0 Å². The summed E-state index contributed by atoms with van der Waals surface area (Å²) in [4.78, 5) is 11.4. The van der Waals surface area contributed by atoms with Gasteiger partial charge in [0.2, 0.25) is 0 Å². The SMILES string of the molecule is CC(C)CNC(=O)NC(C)C1CNC1. The van der Waals surface area contributed by atoms with Gasteiger partial charge in [0.05, 0.1) is 0 Å². The maximum absolute atomic E-state index is 11.4. The van der Waals surface area contributed by atoms with Crippen molar-refractivity contribution < 1.29 is 4.79 Å². The molecule has 82 valence electrons. The van der Waals surface area contributed by atoms with Crippen LogP contribution in [-0.4, -0.2) is 31.7 Å². The molecule has 0 spiro atoms. The van der Waals surface area contributed by atoms with Crippen LogP contribution in [0.1, 0.15) is 20.8 Å². The highest BCUT2D eigenvalue weighted by molar-refractivity contribution is 5.74. The summed E-state index contributed by atoms with van der Waals surface area (Å²) in [5.74, 6) is 1.10. The molecule has 1 atom stereocenters. The quantitative estimate of drug-likeness (QED) is 0.619. The summed E-state index contributed by atoms with van der Waals surface area (Å²) < 4.78 is 0. The first-order valence-corrected chi connectivity index (χ1v) is 5.34. The van der Waals surface area contributed by atoms with E-state index in [0.717, 1.165) is 19.6 Å². The van der Waals surface area contributed by atoms with Crippen LogP contribution in [0.4, 0.5) is 4.79 Å². The maximum Gasteiger partial charge on any atom is 0.315 e. The van der Waals surface area contributed by atoms with Crippen LogP contribution in [-0.2, 0) is 0 Å². The highest BCUT2D eigenvalue weighted by Crippen LogP contribution is 2.07. The normalized spacial score (nSPS) is 18.9. The van der Waals surface area contributed by atoms with Crippen molar-refractivity contribution in [3.63, 3.8) is 0 Å². The molecule has 0 aromatic carbocycles. The Kier molecular flexibility index (Phi) is 4.20. The topological polar surface area (TPSA) is 53.2 Å². The molecular formula is C10H21N3O. The first-order chi connectivity index (χ1) is 6.59. The fourth-order valence-corrected chi connectivity index (χ4v) is 1.34. The molecule has 0 radical (unpaired) electrons. The van der Waals surface area contributed by atoms with Crippen LogP contribution in [0.2, 0.25) is 0 Å². The number of hydrogen-bond acceptors (Lipinski definition) is 2. The lowest BCUT2D eigenvalue weighted by Crippen LogP contribution is -2.55. The van der Waals surface area contributed by atoms with Gasteiger partial charge in [0.1, 0.15) is 0 Å². The molecule has 3 N–H and O–H groups in total. The fraction of sp³-hybridized carbons (Fsp3) is 0.900. The Morgan fingerprint density at radius 1 is 1.43 bits per heavy atom. The van der Waals surface area contributed by atoms with E-state index in [1.165, 1.54) is 0 Å². The van der Waals surface area contributed by atoms with E-state index in [2.05, 4.69) is 36.7 Å². The molecule has 0 aromatic heterocycles. The van der Waals surface area contributed by atoms with Crippen LogP contribution in [0.15, 0.2) is 0 Å². The summed E-state index contributed by atoms with van der Waals surface area (Å²) in [5.41, 5.74) is 0. The lowest BCUT2D eigenvalue weighted by Gasteiger charge is -2.33. The zero-order chi connectivity index (χ0) is 10.6. The molecule has 14 heavy (non-hydrogen) atoms. The van der Waals surface area contributed by atoms with Crippen LogP contribution < -0.4 is 16.0 Å². The van der Waals surface area contributed by atoms with Crippen molar-refractivity contribution in [3.8, 4) is 0 Å². The minimum atomic E-state index is -0.0434. The van der Waals surface area contributed by atoms with Crippen molar-refractivity contribution in [2.75, 3.05) is 19.6 Å². The van der Waals surface area contributed by atoms with Crippen LogP contribution >= 0.6 is 0 Å². The molecule has 1 unspecified atom stereocenters. The highest BCUT2D eigenvalue weighted by Gasteiger charge is 2.24. The van der Waals surface area contributed by atoms with Crippen LogP contribution in [0.25, 0.3) is 0 Å². The molecule has 1 aliphatic rings. The predicted octanol–water partition coefficient (Wildman–Crippen LogP) is 0.550. The monoisotopic (exact) mass is 199 g/mol. The Morgan fingerprint density at radius 3 is 2.50 bits per heavy atom. The molecule has 0 bridgehead atoms. The van der Waals surface area contributed by atoms with Crippen LogP contribution in [0.5, 0.6) is 0 Å². The molecule has 4 heteroatoms. The summed E-state index contributed by atoms with van der Waals surface area (Å²) >= 11 is 0. The Labute approximate surface area is 85.8 Å². The molecule has 1 saturated heterocycles. The second-order valence-corrected chi connectivity index (χ2v) is 4.46. The lowest BCUT2D eigenvalue weighted by molar-refractivity contribution is 0.221. The predicted molar refractivity (Wildman–Crippen MR) is 57.2 cm³/mol. The number of carbonyl (C=O) groups excluding carboxylic acids is 1. The number of urea groups is 1. The maximum atomic E-state index is 11.4. The van der Waals surface area contributed by atoms with Crippen LogP contribution in [0, 0.1) is 11.8 Å². The van der Waals surface area contributed by atoms with Gasteiger partial charge in [-0.25, -0.2) is 4.79 Å². The average Bonchev–Trinajstić information content (AvgIpc) is 1.97. The molecule has 2 amide bonds. The van der Waals surface area contributed by atoms with Crippen molar-refractivity contribution in [3.05, 3.63) is 0 Å². The van der Waals surface area contributed by atoms with Gasteiger partial charge in [-0.3, -0.25) is 0 Å². The summed E-state index contributed by atoms with van der Waals surface area (Å²) in [5, 5.41) is 8.99. The van der Waals surface area contributed by atoms with Gasteiger partial charge in [0.15, 0.2) is 0 Å². The van der Waals surface area contributed by atoms with Crippen molar-refractivity contribution in [1.82, 2.24) is 16.0 Å². The number of nitrogens with one attached hydrogen (secondary N) is 3. The van der Waals surface area contributed by atoms with E-state index in [-0.39, 0.29) is 12.1 Å². The van der Waals surface area contributed by atoms with Crippen LogP contribution in [0.3, 0.4) is 0 Å². The minimum Gasteiger partial charge on any atom is -0.338 e. The zero-order valence-electron chi connectivity index (χ0n) is 9.26. The first-order valence-electron chi connectivity index (χ1n) is 5.34. The second kappa shape index (κ2) is 5.20. The highest BCUT2D eigenvalue weighted by atomic mass is 16.2. The van der Waals surface area contributed by atoms with Gasteiger partial charge in [0.25, 0.3) is 0 Å². The molecule has 0 saturated carbocycles. The summed E-state index contributed by atoms with van der Waals surface area (Å²) in [7, 11) is 0. The first kappa shape index (κ1) is 11.3. The standard InChI is InChI=1S/C10H21N3O/c1-7(2)4-12-10(14)13-8(3)9-5-11-6-9/h7-9,11H,4-6H2,1-3H3,(H2,12,13,14). The molecule has 4 nitrogen and oxygen atoms in total. The van der Waals surface area contributed by atoms with Crippen molar-refractivity contribution in [2.24, 2.45) is 11.8 Å². The summed E-state index contributed by atoms with van der Waals surface area (Å²) in [6.07, 6.45) is 0. The lowest BCUT2D eigenvalue weighted by atomic mass is 9.95. The number of hydrogen-bond donors (Lipinski definition) is 3. The average molecular weight is 199 g/mol. The third kappa shape index (κ3) is 3.54. The van der Waals surface area contributed by atoms with E-state index >= 15 is 0 Å². The Balaban J connectivity index is 2.12. The van der Waals surface area contributed by atoms with E-state index in [0.29, 0.717) is 11.8 Å². The molecule has 1 aliphatic heterocycles. The van der Waals surface area contributed by atoms with E-state index in [1.807, 2.05) is 0 Å².